The molecule has 1 N–H and O–H groups in total. The number of nitrogens with one attached hydrogen (secondary N) is 1. The van der Waals surface area contributed by atoms with Crippen molar-refractivity contribution in [2.24, 2.45) is 5.92 Å². The Morgan fingerprint density at radius 1 is 1.19 bits per heavy atom. The van der Waals surface area contributed by atoms with Crippen LogP contribution in [0.25, 0.3) is 11.0 Å². The van der Waals surface area contributed by atoms with Gasteiger partial charge < -0.3 is 5.32 Å². The molecule has 4 rings (SSSR count). The molecule has 0 bridgehead atoms. The van der Waals surface area contributed by atoms with Crippen LogP contribution in [0.1, 0.15) is 32.1 Å². The molecule has 0 saturated heterocycles. The first kappa shape index (κ1) is 20.8. The van der Waals surface area contributed by atoms with Crippen molar-refractivity contribution >= 4 is 32.4 Å². The second-order valence-electron chi connectivity index (χ2n) is 7.67. The normalized spacial score (nSPS) is 19.1. The van der Waals surface area contributed by atoms with Gasteiger partial charge in [0, 0.05) is 18.7 Å². The number of pyridine rings is 1. The van der Waals surface area contributed by atoms with E-state index in [4.69, 9.17) is 5.26 Å². The molecule has 0 spiro atoms. The topological polar surface area (TPSA) is 131 Å². The van der Waals surface area contributed by atoms with E-state index in [1.54, 1.807) is 24.3 Å². The predicted octanol–water partition coefficient (Wildman–Crippen LogP) is 4.07. The quantitative estimate of drug-likeness (QED) is 0.452. The molecule has 0 amide bonds. The lowest BCUT2D eigenvalue weighted by atomic mass is 9.84. The van der Waals surface area contributed by atoms with Gasteiger partial charge >= 0.3 is 5.69 Å². The minimum Gasteiger partial charge on any atom is -0.376 e. The highest BCUT2D eigenvalue weighted by atomic mass is 32.2. The summed E-state index contributed by atoms with van der Waals surface area (Å²) >= 11 is 0. The van der Waals surface area contributed by atoms with Crippen molar-refractivity contribution in [1.29, 1.82) is 5.26 Å². The van der Waals surface area contributed by atoms with E-state index in [1.165, 1.54) is 18.3 Å². The summed E-state index contributed by atoms with van der Waals surface area (Å²) in [5.41, 5.74) is 0.220. The van der Waals surface area contributed by atoms with Crippen LogP contribution in [0, 0.1) is 27.4 Å². The summed E-state index contributed by atoms with van der Waals surface area (Å²) in [5.74, 6) is 0.354. The predicted molar refractivity (Wildman–Crippen MR) is 115 cm³/mol. The summed E-state index contributed by atoms with van der Waals surface area (Å²) in [6.07, 6.45) is 6.31. The van der Waals surface area contributed by atoms with Crippen LogP contribution in [-0.2, 0) is 10.0 Å². The first-order valence-corrected chi connectivity index (χ1v) is 11.4. The lowest BCUT2D eigenvalue weighted by molar-refractivity contribution is -0.384. The highest BCUT2D eigenvalue weighted by Crippen LogP contribution is 2.36. The van der Waals surface area contributed by atoms with Gasteiger partial charge in [0.15, 0.2) is 5.65 Å². The molecule has 3 aromatic rings. The first-order valence-electron chi connectivity index (χ1n) is 10.0. The SMILES string of the molecule is N#CC[C@H]1CC[C@H](Nc2c([N+](=O)[O-])cnc3c2ccn3S(=O)(=O)c2ccccc2)CC1. The van der Waals surface area contributed by atoms with Gasteiger partial charge in [-0.15, -0.1) is 0 Å². The maximum absolute atomic E-state index is 13.1. The van der Waals surface area contributed by atoms with Gasteiger partial charge in [0.05, 0.1) is 21.3 Å². The smallest absolute Gasteiger partial charge is 0.311 e. The van der Waals surface area contributed by atoms with Crippen LogP contribution in [0.5, 0.6) is 0 Å². The summed E-state index contributed by atoms with van der Waals surface area (Å²) in [4.78, 5) is 15.3. The lowest BCUT2D eigenvalue weighted by Crippen LogP contribution is -2.26. The van der Waals surface area contributed by atoms with Crippen LogP contribution in [0.3, 0.4) is 0 Å². The number of hydrogen-bond donors (Lipinski definition) is 1. The van der Waals surface area contributed by atoms with Crippen LogP contribution >= 0.6 is 0 Å². The van der Waals surface area contributed by atoms with Crippen LogP contribution in [0.2, 0.25) is 0 Å². The number of aromatic nitrogens is 2. The molecule has 1 saturated carbocycles. The molecule has 0 radical (unpaired) electrons. The van der Waals surface area contributed by atoms with Crippen LogP contribution in [0.15, 0.2) is 53.7 Å². The Bertz CT molecular complexity index is 1260. The molecular formula is C21H21N5O4S. The minimum atomic E-state index is -3.89. The van der Waals surface area contributed by atoms with E-state index in [9.17, 15) is 18.5 Å². The van der Waals surface area contributed by atoms with Crippen molar-refractivity contribution < 1.29 is 13.3 Å². The van der Waals surface area contributed by atoms with E-state index < -0.39 is 14.9 Å². The van der Waals surface area contributed by atoms with Crippen molar-refractivity contribution in [2.45, 2.75) is 43.0 Å². The summed E-state index contributed by atoms with van der Waals surface area (Å²) in [7, 11) is -3.89. The van der Waals surface area contributed by atoms with Crippen LogP contribution in [0.4, 0.5) is 11.4 Å². The Hall–Kier alpha value is -3.45. The largest absolute Gasteiger partial charge is 0.376 e. The Labute approximate surface area is 179 Å². The van der Waals surface area contributed by atoms with Crippen molar-refractivity contribution in [2.75, 3.05) is 5.32 Å². The van der Waals surface area contributed by atoms with Gasteiger partial charge in [0.1, 0.15) is 11.9 Å². The molecule has 1 fully saturated rings. The highest BCUT2D eigenvalue weighted by molar-refractivity contribution is 7.90. The van der Waals surface area contributed by atoms with Crippen molar-refractivity contribution in [3.05, 3.63) is 58.9 Å². The van der Waals surface area contributed by atoms with Crippen molar-refractivity contribution in [1.82, 2.24) is 8.96 Å². The number of nitriles is 1. The molecule has 0 aliphatic heterocycles. The Morgan fingerprint density at radius 3 is 2.55 bits per heavy atom. The van der Waals surface area contributed by atoms with Gasteiger partial charge in [-0.05, 0) is 49.8 Å². The van der Waals surface area contributed by atoms with Gasteiger partial charge in [0.25, 0.3) is 10.0 Å². The fourth-order valence-electron chi connectivity index (χ4n) is 4.09. The van der Waals surface area contributed by atoms with E-state index >= 15 is 0 Å². The zero-order chi connectivity index (χ0) is 22.0. The Kier molecular flexibility index (Phi) is 5.61. The number of nitrogens with zero attached hydrogens (tertiary/aromatic N) is 4. The number of benzene rings is 1. The van der Waals surface area contributed by atoms with Gasteiger partial charge in [-0.1, -0.05) is 18.2 Å². The van der Waals surface area contributed by atoms with Crippen molar-refractivity contribution in [3.63, 3.8) is 0 Å². The first-order chi connectivity index (χ1) is 14.9. The number of fused-ring (bicyclic) bond motifs is 1. The number of rotatable bonds is 6. The third kappa shape index (κ3) is 3.96. The molecule has 2 aromatic heterocycles. The maximum atomic E-state index is 13.1. The molecule has 0 atom stereocenters. The second-order valence-corrected chi connectivity index (χ2v) is 9.48. The fraction of sp³-hybridized carbons (Fsp3) is 0.333. The van der Waals surface area contributed by atoms with E-state index in [-0.39, 0.29) is 28.0 Å². The second kappa shape index (κ2) is 8.35. The molecular weight excluding hydrogens is 418 g/mol. The van der Waals surface area contributed by atoms with Gasteiger partial charge in [-0.2, -0.15) is 5.26 Å². The molecule has 31 heavy (non-hydrogen) atoms. The average molecular weight is 439 g/mol. The Balaban J connectivity index is 1.73. The summed E-state index contributed by atoms with van der Waals surface area (Å²) < 4.78 is 27.2. The molecule has 1 aliphatic carbocycles. The monoisotopic (exact) mass is 439 g/mol. The average Bonchev–Trinajstić information content (AvgIpc) is 3.21. The maximum Gasteiger partial charge on any atom is 0.311 e. The van der Waals surface area contributed by atoms with E-state index in [0.717, 1.165) is 35.9 Å². The number of nitro groups is 1. The fourth-order valence-corrected chi connectivity index (χ4v) is 5.41. The standard InChI is InChI=1S/C21H21N5O4S/c22-12-10-15-6-8-16(9-7-15)24-20-18-11-13-25(21(18)23-14-19(20)26(27)28)31(29,30)17-4-2-1-3-5-17/h1-5,11,13-16H,6-10H2,(H,23,24)/t15-,16-. The number of hydrogen-bond acceptors (Lipinski definition) is 7. The van der Waals surface area contributed by atoms with Crippen LogP contribution in [-0.4, -0.2) is 28.3 Å². The van der Waals surface area contributed by atoms with Crippen molar-refractivity contribution in [3.8, 4) is 6.07 Å². The van der Waals surface area contributed by atoms with Gasteiger partial charge in [0.2, 0.25) is 0 Å². The van der Waals surface area contributed by atoms with Gasteiger partial charge in [-0.3, -0.25) is 10.1 Å². The minimum absolute atomic E-state index is 0.00771. The summed E-state index contributed by atoms with van der Waals surface area (Å²) in [5, 5.41) is 24.2. The zero-order valence-electron chi connectivity index (χ0n) is 16.6. The molecule has 1 aliphatic rings. The molecule has 10 heteroatoms. The van der Waals surface area contributed by atoms with Crippen LogP contribution < -0.4 is 5.32 Å². The lowest BCUT2D eigenvalue weighted by Gasteiger charge is -2.28. The number of anilines is 1. The molecule has 160 valence electrons. The van der Waals surface area contributed by atoms with E-state index in [0.29, 0.717) is 17.7 Å². The summed E-state index contributed by atoms with van der Waals surface area (Å²) in [6.45, 7) is 0. The molecule has 9 nitrogen and oxygen atoms in total. The van der Waals surface area contributed by atoms with E-state index in [1.807, 2.05) is 0 Å². The third-order valence-electron chi connectivity index (χ3n) is 5.73. The van der Waals surface area contributed by atoms with Gasteiger partial charge in [-0.25, -0.2) is 17.4 Å². The third-order valence-corrected chi connectivity index (χ3v) is 7.41. The highest BCUT2D eigenvalue weighted by Gasteiger charge is 2.28. The Morgan fingerprint density at radius 2 is 1.90 bits per heavy atom. The molecule has 1 aromatic carbocycles. The molecule has 0 unspecified atom stereocenters. The van der Waals surface area contributed by atoms with E-state index in [2.05, 4.69) is 16.4 Å². The summed E-state index contributed by atoms with van der Waals surface area (Å²) in [6, 6.07) is 11.7. The molecule has 2 heterocycles. The zero-order valence-corrected chi connectivity index (χ0v) is 17.5.